The Labute approximate surface area is 100 Å². The van der Waals surface area contributed by atoms with E-state index in [1.54, 1.807) is 7.11 Å². The normalized spacial score (nSPS) is 16.3. The fourth-order valence-corrected chi connectivity index (χ4v) is 1.76. The highest BCUT2D eigenvalue weighted by molar-refractivity contribution is 5.77. The first-order valence-electron chi connectivity index (χ1n) is 5.66. The van der Waals surface area contributed by atoms with Gasteiger partial charge in [-0.05, 0) is 43.5 Å². The van der Waals surface area contributed by atoms with Gasteiger partial charge in [-0.3, -0.25) is 4.79 Å². The van der Waals surface area contributed by atoms with Crippen molar-refractivity contribution in [3.05, 3.63) is 24.3 Å². The Bertz CT molecular complexity index is 392. The maximum Gasteiger partial charge on any atom is 0.309 e. The third kappa shape index (κ3) is 2.70. The molecule has 92 valence electrons. The first kappa shape index (κ1) is 11.8. The Balaban J connectivity index is 1.80. The Kier molecular flexibility index (Phi) is 3.22. The van der Waals surface area contributed by atoms with Crippen molar-refractivity contribution in [2.24, 2.45) is 5.41 Å². The van der Waals surface area contributed by atoms with E-state index in [9.17, 15) is 4.79 Å². The molecule has 2 rings (SSSR count). The maximum absolute atomic E-state index is 10.9. The van der Waals surface area contributed by atoms with Crippen molar-refractivity contribution in [2.75, 3.05) is 13.7 Å². The van der Waals surface area contributed by atoms with Crippen molar-refractivity contribution in [1.82, 2.24) is 0 Å². The number of carboxylic acid groups (broad SMARTS) is 1. The summed E-state index contributed by atoms with van der Waals surface area (Å²) in [7, 11) is 1.61. The Hall–Kier alpha value is -1.71. The van der Waals surface area contributed by atoms with Crippen molar-refractivity contribution in [3.63, 3.8) is 0 Å². The summed E-state index contributed by atoms with van der Waals surface area (Å²) < 4.78 is 10.5. The molecule has 0 aliphatic heterocycles. The number of methoxy groups -OCH3 is 1. The van der Waals surface area contributed by atoms with Gasteiger partial charge in [0.1, 0.15) is 11.5 Å². The molecule has 4 nitrogen and oxygen atoms in total. The molecule has 0 radical (unpaired) electrons. The van der Waals surface area contributed by atoms with Crippen LogP contribution in [0.2, 0.25) is 0 Å². The molecule has 1 fully saturated rings. The van der Waals surface area contributed by atoms with Crippen molar-refractivity contribution >= 4 is 5.97 Å². The van der Waals surface area contributed by atoms with E-state index in [1.165, 1.54) is 0 Å². The molecule has 1 aliphatic carbocycles. The van der Waals surface area contributed by atoms with Crippen LogP contribution in [-0.4, -0.2) is 24.8 Å². The van der Waals surface area contributed by atoms with E-state index in [1.807, 2.05) is 24.3 Å². The number of benzene rings is 1. The monoisotopic (exact) mass is 236 g/mol. The average Bonchev–Trinajstić information content (AvgIpc) is 3.11. The second-order valence-corrected chi connectivity index (χ2v) is 4.36. The highest BCUT2D eigenvalue weighted by atomic mass is 16.5. The van der Waals surface area contributed by atoms with E-state index in [0.29, 0.717) is 13.0 Å². The predicted octanol–water partition coefficient (Wildman–Crippen LogP) is 2.33. The van der Waals surface area contributed by atoms with Crippen molar-refractivity contribution in [3.8, 4) is 11.5 Å². The molecule has 0 spiro atoms. The van der Waals surface area contributed by atoms with Crippen LogP contribution in [-0.2, 0) is 4.79 Å². The number of hydrogen-bond donors (Lipinski definition) is 1. The van der Waals surface area contributed by atoms with E-state index < -0.39 is 11.4 Å². The van der Waals surface area contributed by atoms with Gasteiger partial charge in [-0.25, -0.2) is 0 Å². The van der Waals surface area contributed by atoms with E-state index in [-0.39, 0.29) is 0 Å². The molecule has 4 heteroatoms. The van der Waals surface area contributed by atoms with Crippen LogP contribution in [0, 0.1) is 5.41 Å². The molecular weight excluding hydrogens is 220 g/mol. The molecule has 1 saturated carbocycles. The van der Waals surface area contributed by atoms with Gasteiger partial charge < -0.3 is 14.6 Å². The molecule has 1 aromatic carbocycles. The lowest BCUT2D eigenvalue weighted by molar-refractivity contribution is -0.143. The highest BCUT2D eigenvalue weighted by Gasteiger charge is 2.49. The zero-order valence-corrected chi connectivity index (χ0v) is 9.81. The highest BCUT2D eigenvalue weighted by Crippen LogP contribution is 2.48. The molecule has 0 amide bonds. The lowest BCUT2D eigenvalue weighted by Crippen LogP contribution is -2.17. The van der Waals surface area contributed by atoms with Crippen LogP contribution >= 0.6 is 0 Å². The molecule has 17 heavy (non-hydrogen) atoms. The molecule has 1 aliphatic rings. The summed E-state index contributed by atoms with van der Waals surface area (Å²) in [5, 5.41) is 9.00. The summed E-state index contributed by atoms with van der Waals surface area (Å²) in [5.41, 5.74) is -0.507. The predicted molar refractivity (Wildman–Crippen MR) is 62.4 cm³/mol. The standard InChI is InChI=1S/C13H16O4/c1-16-10-2-4-11(5-3-10)17-9-8-13(6-7-13)12(14)15/h2-5H,6-9H2,1H3,(H,14,15). The van der Waals surface area contributed by atoms with Crippen molar-refractivity contribution < 1.29 is 19.4 Å². The quantitative estimate of drug-likeness (QED) is 0.823. The Morgan fingerprint density at radius 2 is 1.88 bits per heavy atom. The van der Waals surface area contributed by atoms with Gasteiger partial charge >= 0.3 is 5.97 Å². The number of ether oxygens (including phenoxy) is 2. The minimum absolute atomic E-state index is 0.443. The van der Waals surface area contributed by atoms with E-state index in [2.05, 4.69) is 0 Å². The van der Waals surface area contributed by atoms with Crippen LogP contribution in [0.4, 0.5) is 0 Å². The van der Waals surface area contributed by atoms with E-state index >= 15 is 0 Å². The molecule has 1 N–H and O–H groups in total. The van der Waals surface area contributed by atoms with Gasteiger partial charge in [-0.15, -0.1) is 0 Å². The van der Waals surface area contributed by atoms with Crippen LogP contribution in [0.5, 0.6) is 11.5 Å². The number of aliphatic carboxylic acids is 1. The zero-order valence-electron chi connectivity index (χ0n) is 9.81. The molecule has 0 atom stereocenters. The fourth-order valence-electron chi connectivity index (χ4n) is 1.76. The second kappa shape index (κ2) is 4.65. The third-order valence-corrected chi connectivity index (χ3v) is 3.22. The van der Waals surface area contributed by atoms with Gasteiger partial charge in [0.2, 0.25) is 0 Å². The average molecular weight is 236 g/mol. The van der Waals surface area contributed by atoms with Crippen molar-refractivity contribution in [1.29, 1.82) is 0 Å². The SMILES string of the molecule is COc1ccc(OCCC2(C(=O)O)CC2)cc1. The number of rotatable bonds is 6. The minimum atomic E-state index is -0.698. The molecule has 0 aromatic heterocycles. The van der Waals surface area contributed by atoms with E-state index in [0.717, 1.165) is 24.3 Å². The van der Waals surface area contributed by atoms with Crippen LogP contribution in [0.15, 0.2) is 24.3 Å². The summed E-state index contributed by atoms with van der Waals surface area (Å²) in [4.78, 5) is 10.9. The van der Waals surface area contributed by atoms with Gasteiger partial charge in [-0.1, -0.05) is 0 Å². The summed E-state index contributed by atoms with van der Waals surface area (Å²) in [6.45, 7) is 0.443. The Morgan fingerprint density at radius 3 is 2.35 bits per heavy atom. The fraction of sp³-hybridized carbons (Fsp3) is 0.462. The van der Waals surface area contributed by atoms with E-state index in [4.69, 9.17) is 14.6 Å². The van der Waals surface area contributed by atoms with Gasteiger partial charge in [0.15, 0.2) is 0 Å². The van der Waals surface area contributed by atoms with Gasteiger partial charge in [-0.2, -0.15) is 0 Å². The van der Waals surface area contributed by atoms with Crippen molar-refractivity contribution in [2.45, 2.75) is 19.3 Å². The summed E-state index contributed by atoms with van der Waals surface area (Å²) in [6.07, 6.45) is 2.12. The second-order valence-electron chi connectivity index (χ2n) is 4.36. The molecule has 0 bridgehead atoms. The number of carbonyl (C=O) groups is 1. The van der Waals surface area contributed by atoms with Gasteiger partial charge in [0.05, 0.1) is 19.1 Å². The third-order valence-electron chi connectivity index (χ3n) is 3.22. The van der Waals surface area contributed by atoms with Crippen LogP contribution in [0.25, 0.3) is 0 Å². The lowest BCUT2D eigenvalue weighted by atomic mass is 10.0. The smallest absolute Gasteiger partial charge is 0.309 e. The lowest BCUT2D eigenvalue weighted by Gasteiger charge is -2.11. The summed E-state index contributed by atoms with van der Waals surface area (Å²) in [6, 6.07) is 7.27. The van der Waals surface area contributed by atoms with Gasteiger partial charge in [0.25, 0.3) is 0 Å². The number of carboxylic acids is 1. The minimum Gasteiger partial charge on any atom is -0.497 e. The first-order chi connectivity index (χ1) is 8.16. The molecule has 0 heterocycles. The zero-order chi connectivity index (χ0) is 12.3. The molecule has 0 unspecified atom stereocenters. The van der Waals surface area contributed by atoms with Crippen LogP contribution in [0.3, 0.4) is 0 Å². The summed E-state index contributed by atoms with van der Waals surface area (Å²) in [5.74, 6) is 0.823. The molecular formula is C13H16O4. The molecule has 0 saturated heterocycles. The first-order valence-corrected chi connectivity index (χ1v) is 5.66. The molecule has 1 aromatic rings. The number of hydrogen-bond acceptors (Lipinski definition) is 3. The Morgan fingerprint density at radius 1 is 1.29 bits per heavy atom. The summed E-state index contributed by atoms with van der Waals surface area (Å²) >= 11 is 0. The van der Waals surface area contributed by atoms with Crippen LogP contribution < -0.4 is 9.47 Å². The topological polar surface area (TPSA) is 55.8 Å². The van der Waals surface area contributed by atoms with Crippen LogP contribution in [0.1, 0.15) is 19.3 Å². The maximum atomic E-state index is 10.9. The largest absolute Gasteiger partial charge is 0.497 e. The van der Waals surface area contributed by atoms with Gasteiger partial charge in [0, 0.05) is 0 Å².